The number of amides is 1. The van der Waals surface area contributed by atoms with Gasteiger partial charge in [0.1, 0.15) is 22.6 Å². The molecule has 1 atom stereocenters. The van der Waals surface area contributed by atoms with Crippen LogP contribution >= 0.6 is 15.9 Å². The van der Waals surface area contributed by atoms with E-state index in [1.165, 1.54) is 6.33 Å². The molecule has 8 heteroatoms. The fourth-order valence-electron chi connectivity index (χ4n) is 2.14. The van der Waals surface area contributed by atoms with Crippen molar-refractivity contribution >= 4 is 38.6 Å². The van der Waals surface area contributed by atoms with Crippen molar-refractivity contribution in [2.45, 2.75) is 18.9 Å². The van der Waals surface area contributed by atoms with Crippen LogP contribution in [0.25, 0.3) is 0 Å². The number of carbonyl (C=O) groups excluding carboxylic acids is 1. The van der Waals surface area contributed by atoms with Gasteiger partial charge in [-0.2, -0.15) is 0 Å². The smallest absolute Gasteiger partial charge is 0.209 e. The summed E-state index contributed by atoms with van der Waals surface area (Å²) >= 11 is 3.09. The lowest BCUT2D eigenvalue weighted by atomic mass is 10.1. The third-order valence-corrected chi connectivity index (χ3v) is 3.44. The van der Waals surface area contributed by atoms with E-state index < -0.39 is 0 Å². The summed E-state index contributed by atoms with van der Waals surface area (Å²) in [5, 5.41) is 10.9. The summed E-state index contributed by atoms with van der Waals surface area (Å²) in [6.07, 6.45) is 4.11. The van der Waals surface area contributed by atoms with E-state index in [2.05, 4.69) is 31.2 Å². The van der Waals surface area contributed by atoms with E-state index in [4.69, 9.17) is 11.1 Å². The van der Waals surface area contributed by atoms with Gasteiger partial charge >= 0.3 is 0 Å². The molecular formula is C11H15BrN6O. The highest BCUT2D eigenvalue weighted by Crippen LogP contribution is 2.22. The third kappa shape index (κ3) is 3.19. The topological polar surface area (TPSA) is 108 Å². The Hall–Kier alpha value is -1.70. The Balaban J connectivity index is 2.17. The standard InChI is InChI=1S/C11H15BrN6O/c12-9(13)8-10(14)15-5-16-11(8)17-7-2-1-3-18(4-7)6-19/h5-7,13H,1-4H2,(H3,14,15,16,17). The van der Waals surface area contributed by atoms with Crippen molar-refractivity contribution in [3.8, 4) is 0 Å². The molecule has 7 nitrogen and oxygen atoms in total. The second-order valence-corrected chi connectivity index (χ2v) is 5.17. The van der Waals surface area contributed by atoms with E-state index in [1.807, 2.05) is 0 Å². The van der Waals surface area contributed by atoms with Crippen LogP contribution in [0.5, 0.6) is 0 Å². The first-order chi connectivity index (χ1) is 9.11. The number of likely N-dealkylation sites (tertiary alicyclic amines) is 1. The Kier molecular flexibility index (Phi) is 4.31. The van der Waals surface area contributed by atoms with E-state index in [1.54, 1.807) is 4.90 Å². The van der Waals surface area contributed by atoms with Gasteiger partial charge in [0.25, 0.3) is 0 Å². The Labute approximate surface area is 119 Å². The number of nitrogens with two attached hydrogens (primary N) is 1. The highest BCUT2D eigenvalue weighted by atomic mass is 79.9. The van der Waals surface area contributed by atoms with Gasteiger partial charge in [-0.3, -0.25) is 10.2 Å². The minimum Gasteiger partial charge on any atom is -0.383 e. The zero-order valence-electron chi connectivity index (χ0n) is 10.3. The first-order valence-electron chi connectivity index (χ1n) is 5.92. The Morgan fingerprint density at radius 3 is 3.11 bits per heavy atom. The quantitative estimate of drug-likeness (QED) is 0.560. The van der Waals surface area contributed by atoms with Gasteiger partial charge < -0.3 is 16.0 Å². The molecule has 1 aliphatic heterocycles. The van der Waals surface area contributed by atoms with Crippen LogP contribution in [0.3, 0.4) is 0 Å². The van der Waals surface area contributed by atoms with Gasteiger partial charge in [-0.05, 0) is 28.8 Å². The molecule has 1 aromatic rings. The zero-order chi connectivity index (χ0) is 13.8. The number of rotatable bonds is 4. The summed E-state index contributed by atoms with van der Waals surface area (Å²) in [6.45, 7) is 1.41. The predicted molar refractivity (Wildman–Crippen MR) is 76.5 cm³/mol. The number of halogens is 1. The second-order valence-electron chi connectivity index (χ2n) is 4.38. The monoisotopic (exact) mass is 326 g/mol. The first kappa shape index (κ1) is 13.7. The summed E-state index contributed by atoms with van der Waals surface area (Å²) < 4.78 is 0.135. The maximum absolute atomic E-state index is 10.8. The summed E-state index contributed by atoms with van der Waals surface area (Å²) in [6, 6.07) is 0.110. The molecule has 1 aromatic heterocycles. The normalized spacial score (nSPS) is 19.0. The van der Waals surface area contributed by atoms with Gasteiger partial charge in [-0.15, -0.1) is 0 Å². The number of nitrogens with zero attached hydrogens (tertiary/aromatic N) is 3. The first-order valence-corrected chi connectivity index (χ1v) is 6.72. The second kappa shape index (κ2) is 5.96. The summed E-state index contributed by atoms with van der Waals surface area (Å²) in [4.78, 5) is 20.5. The van der Waals surface area contributed by atoms with Crippen LogP contribution in [0, 0.1) is 5.41 Å². The lowest BCUT2D eigenvalue weighted by Gasteiger charge is -2.31. The maximum atomic E-state index is 10.8. The number of hydrogen-bond donors (Lipinski definition) is 3. The molecule has 1 fully saturated rings. The molecule has 0 radical (unpaired) electrons. The fourth-order valence-corrected chi connectivity index (χ4v) is 2.53. The summed E-state index contributed by atoms with van der Waals surface area (Å²) in [7, 11) is 0. The van der Waals surface area contributed by atoms with E-state index in [0.717, 1.165) is 25.8 Å². The lowest BCUT2D eigenvalue weighted by molar-refractivity contribution is -0.119. The van der Waals surface area contributed by atoms with Crippen LogP contribution in [-0.2, 0) is 4.79 Å². The molecule has 4 N–H and O–H groups in total. The number of carbonyl (C=O) groups is 1. The highest BCUT2D eigenvalue weighted by molar-refractivity contribution is 9.18. The molecule has 2 rings (SSSR count). The summed E-state index contributed by atoms with van der Waals surface area (Å²) in [5.74, 6) is 0.773. The highest BCUT2D eigenvalue weighted by Gasteiger charge is 2.21. The van der Waals surface area contributed by atoms with Crippen molar-refractivity contribution in [2.24, 2.45) is 0 Å². The Morgan fingerprint density at radius 1 is 1.63 bits per heavy atom. The Morgan fingerprint density at radius 2 is 2.42 bits per heavy atom. The molecule has 0 aromatic carbocycles. The van der Waals surface area contributed by atoms with Crippen molar-refractivity contribution < 1.29 is 4.79 Å². The minimum atomic E-state index is 0.110. The van der Waals surface area contributed by atoms with Crippen molar-refractivity contribution in [2.75, 3.05) is 24.1 Å². The minimum absolute atomic E-state index is 0.110. The van der Waals surface area contributed by atoms with Crippen molar-refractivity contribution in [3.05, 3.63) is 11.9 Å². The molecule has 1 amide bonds. The Bertz CT molecular complexity index is 494. The number of aromatic nitrogens is 2. The van der Waals surface area contributed by atoms with E-state index in [-0.39, 0.29) is 16.5 Å². The van der Waals surface area contributed by atoms with Gasteiger partial charge in [-0.1, -0.05) is 0 Å². The van der Waals surface area contributed by atoms with Crippen molar-refractivity contribution in [1.29, 1.82) is 5.41 Å². The van der Waals surface area contributed by atoms with E-state index in [0.29, 0.717) is 17.9 Å². The predicted octanol–water partition coefficient (Wildman–Crippen LogP) is 0.812. The van der Waals surface area contributed by atoms with Gasteiger partial charge in [0, 0.05) is 19.1 Å². The van der Waals surface area contributed by atoms with Crippen molar-refractivity contribution in [3.63, 3.8) is 0 Å². The largest absolute Gasteiger partial charge is 0.383 e. The molecule has 0 spiro atoms. The third-order valence-electron chi connectivity index (χ3n) is 3.04. The van der Waals surface area contributed by atoms with Crippen LogP contribution < -0.4 is 11.1 Å². The average Bonchev–Trinajstić information content (AvgIpc) is 2.38. The van der Waals surface area contributed by atoms with Crippen LogP contribution in [-0.4, -0.2) is 45.0 Å². The molecule has 1 unspecified atom stereocenters. The fraction of sp³-hybridized carbons (Fsp3) is 0.455. The SMILES string of the molecule is N=C(Br)c1c(N)ncnc1NC1CCCN(C=O)C1. The molecule has 0 bridgehead atoms. The van der Waals surface area contributed by atoms with Crippen LogP contribution in [0.15, 0.2) is 6.33 Å². The number of nitrogens with one attached hydrogen (secondary N) is 2. The molecule has 19 heavy (non-hydrogen) atoms. The van der Waals surface area contributed by atoms with Crippen LogP contribution in [0.1, 0.15) is 18.4 Å². The van der Waals surface area contributed by atoms with E-state index in [9.17, 15) is 4.79 Å². The average molecular weight is 327 g/mol. The zero-order valence-corrected chi connectivity index (χ0v) is 11.9. The van der Waals surface area contributed by atoms with Crippen LogP contribution in [0.2, 0.25) is 0 Å². The molecule has 102 valence electrons. The maximum Gasteiger partial charge on any atom is 0.209 e. The molecule has 2 heterocycles. The van der Waals surface area contributed by atoms with Crippen LogP contribution in [0.4, 0.5) is 11.6 Å². The molecule has 0 saturated carbocycles. The van der Waals surface area contributed by atoms with E-state index >= 15 is 0 Å². The molecule has 0 aliphatic carbocycles. The number of piperidine rings is 1. The lowest BCUT2D eigenvalue weighted by Crippen LogP contribution is -2.41. The molecule has 1 aliphatic rings. The van der Waals surface area contributed by atoms with Gasteiger partial charge in [0.15, 0.2) is 0 Å². The number of hydrogen-bond acceptors (Lipinski definition) is 6. The molecule has 1 saturated heterocycles. The van der Waals surface area contributed by atoms with Crippen molar-refractivity contribution in [1.82, 2.24) is 14.9 Å². The number of anilines is 2. The van der Waals surface area contributed by atoms with Gasteiger partial charge in [0.2, 0.25) is 6.41 Å². The number of nitrogen functional groups attached to an aromatic ring is 1. The molecular weight excluding hydrogens is 312 g/mol. The van der Waals surface area contributed by atoms with Gasteiger partial charge in [-0.25, -0.2) is 9.97 Å². The van der Waals surface area contributed by atoms with Gasteiger partial charge in [0.05, 0.1) is 5.56 Å². The summed E-state index contributed by atoms with van der Waals surface area (Å²) in [5.41, 5.74) is 6.20.